The van der Waals surface area contributed by atoms with Gasteiger partial charge in [0.25, 0.3) is 5.91 Å². The van der Waals surface area contributed by atoms with Gasteiger partial charge in [-0.3, -0.25) is 14.7 Å². The van der Waals surface area contributed by atoms with Crippen LogP contribution in [0.4, 0.5) is 0 Å². The number of hydrogen-bond acceptors (Lipinski definition) is 4. The fraction of sp³-hybridized carbons (Fsp3) is 0.636. The number of carbonyl (C=O) groups is 2. The molecular weight excluding hydrogens is 234 g/mol. The summed E-state index contributed by atoms with van der Waals surface area (Å²) in [5.74, 6) is 0.319. The molecule has 0 aliphatic carbocycles. The van der Waals surface area contributed by atoms with Gasteiger partial charge < -0.3 is 10.2 Å². The minimum absolute atomic E-state index is 0.0677. The molecule has 0 saturated carbocycles. The number of aromatic nitrogens is 3. The average molecular weight is 251 g/mol. The molecule has 98 valence electrons. The van der Waals surface area contributed by atoms with Crippen molar-refractivity contribution in [2.45, 2.75) is 26.2 Å². The lowest BCUT2D eigenvalue weighted by Gasteiger charge is -2.25. The number of piperazine rings is 1. The van der Waals surface area contributed by atoms with Gasteiger partial charge in [0.2, 0.25) is 11.7 Å². The number of nitrogens with one attached hydrogen (secondary N) is 2. The van der Waals surface area contributed by atoms with Crippen LogP contribution in [0.1, 0.15) is 37.2 Å². The maximum absolute atomic E-state index is 12.1. The van der Waals surface area contributed by atoms with Gasteiger partial charge in [-0.1, -0.05) is 20.8 Å². The Balaban J connectivity index is 2.14. The second kappa shape index (κ2) is 4.40. The van der Waals surface area contributed by atoms with Crippen molar-refractivity contribution in [3.05, 3.63) is 11.6 Å². The van der Waals surface area contributed by atoms with E-state index in [0.717, 1.165) is 0 Å². The van der Waals surface area contributed by atoms with Gasteiger partial charge >= 0.3 is 0 Å². The van der Waals surface area contributed by atoms with Crippen LogP contribution in [-0.4, -0.2) is 51.5 Å². The first-order valence-corrected chi connectivity index (χ1v) is 5.87. The Morgan fingerprint density at radius 3 is 2.67 bits per heavy atom. The number of carbonyl (C=O) groups excluding carboxylic acids is 2. The van der Waals surface area contributed by atoms with Crippen LogP contribution in [-0.2, 0) is 10.2 Å². The van der Waals surface area contributed by atoms with E-state index >= 15 is 0 Å². The average Bonchev–Trinajstić information content (AvgIpc) is 2.77. The quantitative estimate of drug-likeness (QED) is 0.715. The molecule has 0 unspecified atom stereocenters. The highest BCUT2D eigenvalue weighted by Crippen LogP contribution is 2.17. The first-order valence-electron chi connectivity index (χ1n) is 5.87. The molecule has 2 amide bonds. The van der Waals surface area contributed by atoms with E-state index in [2.05, 4.69) is 20.5 Å². The summed E-state index contributed by atoms with van der Waals surface area (Å²) in [5.41, 5.74) is -0.190. The molecule has 1 fully saturated rings. The summed E-state index contributed by atoms with van der Waals surface area (Å²) >= 11 is 0. The van der Waals surface area contributed by atoms with Crippen molar-refractivity contribution in [2.75, 3.05) is 19.6 Å². The van der Waals surface area contributed by atoms with Gasteiger partial charge in [0.05, 0.1) is 0 Å². The van der Waals surface area contributed by atoms with E-state index in [9.17, 15) is 9.59 Å². The van der Waals surface area contributed by atoms with E-state index in [4.69, 9.17) is 0 Å². The van der Waals surface area contributed by atoms with E-state index in [1.807, 2.05) is 20.8 Å². The van der Waals surface area contributed by atoms with E-state index in [1.165, 1.54) is 4.90 Å². The fourth-order valence-corrected chi connectivity index (χ4v) is 1.65. The Kier molecular flexibility index (Phi) is 3.06. The van der Waals surface area contributed by atoms with E-state index in [1.54, 1.807) is 0 Å². The summed E-state index contributed by atoms with van der Waals surface area (Å²) in [4.78, 5) is 29.0. The predicted molar refractivity (Wildman–Crippen MR) is 64.0 cm³/mol. The highest BCUT2D eigenvalue weighted by atomic mass is 16.2. The molecule has 1 aliphatic rings. The predicted octanol–water partition coefficient (Wildman–Crippen LogP) is -0.326. The summed E-state index contributed by atoms with van der Waals surface area (Å²) in [6, 6.07) is 0. The Bertz CT molecular complexity index is 474. The molecule has 0 radical (unpaired) electrons. The molecule has 1 aromatic rings. The molecule has 7 nitrogen and oxygen atoms in total. The zero-order chi connectivity index (χ0) is 13.3. The van der Waals surface area contributed by atoms with Gasteiger partial charge in [0, 0.05) is 18.5 Å². The summed E-state index contributed by atoms with van der Waals surface area (Å²) < 4.78 is 0. The zero-order valence-electron chi connectivity index (χ0n) is 10.8. The lowest BCUT2D eigenvalue weighted by atomic mass is 9.96. The number of aromatic amines is 1. The largest absolute Gasteiger partial charge is 0.353 e. The lowest BCUT2D eigenvalue weighted by molar-refractivity contribution is -0.123. The minimum Gasteiger partial charge on any atom is -0.353 e. The van der Waals surface area contributed by atoms with Crippen molar-refractivity contribution in [1.29, 1.82) is 0 Å². The second-order valence-corrected chi connectivity index (χ2v) is 5.33. The van der Waals surface area contributed by atoms with E-state index < -0.39 is 0 Å². The summed E-state index contributed by atoms with van der Waals surface area (Å²) in [6.45, 7) is 6.98. The van der Waals surface area contributed by atoms with Crippen molar-refractivity contribution in [3.8, 4) is 0 Å². The van der Waals surface area contributed by atoms with Crippen molar-refractivity contribution >= 4 is 11.8 Å². The van der Waals surface area contributed by atoms with Crippen molar-refractivity contribution in [2.24, 2.45) is 0 Å². The highest BCUT2D eigenvalue weighted by molar-refractivity contribution is 5.94. The number of hydrogen-bond donors (Lipinski definition) is 2. The van der Waals surface area contributed by atoms with Gasteiger partial charge in [-0.2, -0.15) is 0 Å². The van der Waals surface area contributed by atoms with Crippen LogP contribution in [0.3, 0.4) is 0 Å². The molecule has 0 aromatic carbocycles. The third-order valence-corrected chi connectivity index (χ3v) is 2.71. The van der Waals surface area contributed by atoms with Crippen LogP contribution in [0.15, 0.2) is 0 Å². The third kappa shape index (κ3) is 2.49. The molecule has 0 spiro atoms. The first-order chi connectivity index (χ1) is 8.38. The van der Waals surface area contributed by atoms with Gasteiger partial charge in [0.1, 0.15) is 12.4 Å². The summed E-state index contributed by atoms with van der Waals surface area (Å²) in [5, 5.41) is 9.36. The van der Waals surface area contributed by atoms with Crippen LogP contribution in [0.5, 0.6) is 0 Å². The van der Waals surface area contributed by atoms with Gasteiger partial charge in [0.15, 0.2) is 0 Å². The molecule has 1 aromatic heterocycles. The normalized spacial score (nSPS) is 16.6. The second-order valence-electron chi connectivity index (χ2n) is 5.33. The molecule has 2 heterocycles. The van der Waals surface area contributed by atoms with Gasteiger partial charge in [-0.05, 0) is 0 Å². The van der Waals surface area contributed by atoms with Gasteiger partial charge in [-0.15, -0.1) is 5.10 Å². The SMILES string of the molecule is CC(C)(C)c1nc(C(=O)N2CCNC(=O)C2)n[nH]1. The Hall–Kier alpha value is -1.92. The number of H-pyrrole nitrogens is 1. The molecule has 2 N–H and O–H groups in total. The van der Waals surface area contributed by atoms with Crippen LogP contribution < -0.4 is 5.32 Å². The molecular formula is C11H17N5O2. The lowest BCUT2D eigenvalue weighted by Crippen LogP contribution is -2.50. The number of amides is 2. The standard InChI is InChI=1S/C11H17N5O2/c1-11(2,3)10-13-8(14-15-10)9(18)16-5-4-12-7(17)6-16/h4-6H2,1-3H3,(H,12,17)(H,13,14,15). The minimum atomic E-state index is -0.309. The number of rotatable bonds is 1. The van der Waals surface area contributed by atoms with Crippen LogP contribution in [0.25, 0.3) is 0 Å². The fourth-order valence-electron chi connectivity index (χ4n) is 1.65. The maximum atomic E-state index is 12.1. The summed E-state index contributed by atoms with van der Waals surface area (Å²) in [6.07, 6.45) is 0. The van der Waals surface area contributed by atoms with Crippen LogP contribution in [0, 0.1) is 0 Å². The molecule has 1 saturated heterocycles. The molecule has 7 heteroatoms. The number of nitrogens with zero attached hydrogens (tertiary/aromatic N) is 3. The maximum Gasteiger partial charge on any atom is 0.294 e. The van der Waals surface area contributed by atoms with Crippen LogP contribution in [0.2, 0.25) is 0 Å². The monoisotopic (exact) mass is 251 g/mol. The molecule has 0 atom stereocenters. The molecule has 1 aliphatic heterocycles. The van der Waals surface area contributed by atoms with Gasteiger partial charge in [-0.25, -0.2) is 4.98 Å². The van der Waals surface area contributed by atoms with E-state index in [0.29, 0.717) is 18.9 Å². The Morgan fingerprint density at radius 1 is 1.39 bits per heavy atom. The molecule has 0 bridgehead atoms. The zero-order valence-corrected chi connectivity index (χ0v) is 10.8. The first kappa shape index (κ1) is 12.5. The molecule has 2 rings (SSSR count). The van der Waals surface area contributed by atoms with Crippen molar-refractivity contribution in [3.63, 3.8) is 0 Å². The van der Waals surface area contributed by atoms with Crippen molar-refractivity contribution < 1.29 is 9.59 Å². The Labute approximate surface area is 105 Å². The topological polar surface area (TPSA) is 91.0 Å². The highest BCUT2D eigenvalue weighted by Gasteiger charge is 2.27. The van der Waals surface area contributed by atoms with Crippen LogP contribution >= 0.6 is 0 Å². The third-order valence-electron chi connectivity index (χ3n) is 2.71. The van der Waals surface area contributed by atoms with Crippen molar-refractivity contribution in [1.82, 2.24) is 25.4 Å². The molecule has 18 heavy (non-hydrogen) atoms. The Morgan fingerprint density at radius 2 is 2.11 bits per heavy atom. The van der Waals surface area contributed by atoms with E-state index in [-0.39, 0.29) is 29.6 Å². The summed E-state index contributed by atoms with van der Waals surface area (Å²) in [7, 11) is 0. The smallest absolute Gasteiger partial charge is 0.294 e.